The van der Waals surface area contributed by atoms with Gasteiger partial charge in [0.15, 0.2) is 0 Å². The van der Waals surface area contributed by atoms with Gasteiger partial charge in [0.05, 0.1) is 6.08 Å². The van der Waals surface area contributed by atoms with Crippen molar-refractivity contribution in [1.82, 2.24) is 0 Å². The van der Waals surface area contributed by atoms with Crippen molar-refractivity contribution in [1.29, 1.82) is 0 Å². The Morgan fingerprint density at radius 2 is 2.50 bits per heavy atom. The lowest BCUT2D eigenvalue weighted by Gasteiger charge is -1.66. The first-order valence-corrected chi connectivity index (χ1v) is 1.62. The minimum absolute atomic E-state index is 0.822. The molecule has 3 heteroatoms. The van der Waals surface area contributed by atoms with Crippen molar-refractivity contribution in [3.63, 3.8) is 0 Å². The Balaban J connectivity index is 3.30. The molecule has 0 amide bonds. The van der Waals surface area contributed by atoms with Gasteiger partial charge in [0, 0.05) is 5.54 Å². The molecule has 0 aliphatic carbocycles. The number of rotatable bonds is 1. The molecule has 0 atom stereocenters. The molecule has 0 saturated carbocycles. The number of halogens is 1. The van der Waals surface area contributed by atoms with Gasteiger partial charge in [-0.25, -0.2) is 4.79 Å². The van der Waals surface area contributed by atoms with E-state index in [1.807, 2.05) is 0 Å². The number of carboxylic acid groups (broad SMARTS) is 1. The molecule has 0 fully saturated rings. The topological polar surface area (TPSA) is 37.3 Å². The second kappa shape index (κ2) is 2.72. The van der Waals surface area contributed by atoms with E-state index >= 15 is 0 Å². The Labute approximate surface area is 40.0 Å². The minimum atomic E-state index is -1.15. The van der Waals surface area contributed by atoms with Crippen LogP contribution in [0.2, 0.25) is 0 Å². The summed E-state index contributed by atoms with van der Waals surface area (Å²) in [7, 11) is 0. The Morgan fingerprint density at radius 3 is 2.50 bits per heavy atom. The molecule has 0 heterocycles. The molecule has 0 aliphatic heterocycles. The van der Waals surface area contributed by atoms with Crippen molar-refractivity contribution < 1.29 is 9.90 Å². The summed E-state index contributed by atoms with van der Waals surface area (Å²) < 4.78 is 0. The molecular formula is C3H2ClO2. The average molecular weight is 106 g/mol. The van der Waals surface area contributed by atoms with Crippen LogP contribution in [0.15, 0.2) is 5.54 Å². The van der Waals surface area contributed by atoms with Crippen molar-refractivity contribution in [3.8, 4) is 0 Å². The van der Waals surface area contributed by atoms with Gasteiger partial charge in [0.1, 0.15) is 0 Å². The third-order valence-corrected chi connectivity index (χ3v) is 0.287. The number of carbonyl (C=O) groups is 1. The van der Waals surface area contributed by atoms with Crippen LogP contribution < -0.4 is 0 Å². The maximum atomic E-state index is 9.37. The summed E-state index contributed by atoms with van der Waals surface area (Å²) in [5, 5.41) is 7.69. The van der Waals surface area contributed by atoms with Gasteiger partial charge in [0.2, 0.25) is 0 Å². The van der Waals surface area contributed by atoms with Gasteiger partial charge < -0.3 is 5.11 Å². The molecule has 0 aliphatic rings. The molecule has 1 radical (unpaired) electrons. The van der Waals surface area contributed by atoms with Gasteiger partial charge in [-0.2, -0.15) is 0 Å². The van der Waals surface area contributed by atoms with E-state index in [1.54, 1.807) is 6.08 Å². The number of hydrogen-bond donors (Lipinski definition) is 1. The normalized spacial score (nSPS) is 9.50. The van der Waals surface area contributed by atoms with Crippen LogP contribution in [0, 0.1) is 6.08 Å². The first-order chi connectivity index (χ1) is 2.77. The molecule has 0 spiro atoms. The third kappa shape index (κ3) is 3.50. The van der Waals surface area contributed by atoms with Crippen molar-refractivity contribution in [3.05, 3.63) is 11.6 Å². The summed E-state index contributed by atoms with van der Waals surface area (Å²) in [6.07, 6.45) is 1.77. The average Bonchev–Trinajstić information content (AvgIpc) is 1.35. The zero-order chi connectivity index (χ0) is 4.99. The van der Waals surface area contributed by atoms with E-state index < -0.39 is 5.97 Å². The molecule has 0 aromatic rings. The number of hydrogen-bond acceptors (Lipinski definition) is 1. The Hall–Kier alpha value is -0.500. The molecule has 0 aromatic carbocycles. The van der Waals surface area contributed by atoms with E-state index in [-0.39, 0.29) is 0 Å². The quantitative estimate of drug-likeness (QED) is 0.497. The first kappa shape index (κ1) is 5.50. The van der Waals surface area contributed by atoms with Gasteiger partial charge in [0.25, 0.3) is 0 Å². The fraction of sp³-hybridized carbons (Fsp3) is 0. The summed E-state index contributed by atoms with van der Waals surface area (Å²) in [5.74, 6) is -1.15. The summed E-state index contributed by atoms with van der Waals surface area (Å²) >= 11 is 4.78. The van der Waals surface area contributed by atoms with Crippen molar-refractivity contribution in [2.24, 2.45) is 0 Å². The fourth-order valence-electron chi connectivity index (χ4n) is 0.0467. The smallest absolute Gasteiger partial charge is 0.337 e. The molecule has 0 saturated heterocycles. The summed E-state index contributed by atoms with van der Waals surface area (Å²) in [5.41, 5.74) is 0.822. The Kier molecular flexibility index (Phi) is 2.50. The van der Waals surface area contributed by atoms with Crippen LogP contribution in [0.1, 0.15) is 0 Å². The minimum Gasteiger partial charge on any atom is -0.478 e. The van der Waals surface area contributed by atoms with Crippen LogP contribution in [0.4, 0.5) is 0 Å². The van der Waals surface area contributed by atoms with Crippen LogP contribution in [0.5, 0.6) is 0 Å². The van der Waals surface area contributed by atoms with Crippen molar-refractivity contribution in [2.75, 3.05) is 0 Å². The summed E-state index contributed by atoms with van der Waals surface area (Å²) in [6, 6.07) is 0. The third-order valence-electron chi connectivity index (χ3n) is 0.178. The number of carboxylic acids is 1. The van der Waals surface area contributed by atoms with E-state index in [0.717, 1.165) is 5.54 Å². The van der Waals surface area contributed by atoms with E-state index in [1.165, 1.54) is 0 Å². The van der Waals surface area contributed by atoms with Crippen LogP contribution in [-0.4, -0.2) is 11.1 Å². The second-order valence-corrected chi connectivity index (χ2v) is 0.777. The molecule has 0 aromatic heterocycles. The van der Waals surface area contributed by atoms with E-state index in [2.05, 4.69) is 0 Å². The molecule has 1 N–H and O–H groups in total. The highest BCUT2D eigenvalue weighted by Gasteiger charge is 1.79. The van der Waals surface area contributed by atoms with Crippen molar-refractivity contribution >= 4 is 17.6 Å². The van der Waals surface area contributed by atoms with Gasteiger partial charge in [-0.3, -0.25) is 0 Å². The lowest BCUT2D eigenvalue weighted by Crippen LogP contribution is -1.84. The zero-order valence-corrected chi connectivity index (χ0v) is 3.57. The highest BCUT2D eigenvalue weighted by atomic mass is 35.5. The highest BCUT2D eigenvalue weighted by molar-refractivity contribution is 6.26. The molecule has 2 nitrogen and oxygen atoms in total. The van der Waals surface area contributed by atoms with Gasteiger partial charge in [-0.1, -0.05) is 11.6 Å². The van der Waals surface area contributed by atoms with Crippen LogP contribution in [-0.2, 0) is 4.79 Å². The largest absolute Gasteiger partial charge is 0.478 e. The SMILES string of the molecule is O=C(O)/[C]=C/Cl. The van der Waals surface area contributed by atoms with Crippen LogP contribution >= 0.6 is 11.6 Å². The Morgan fingerprint density at radius 1 is 2.00 bits per heavy atom. The van der Waals surface area contributed by atoms with Gasteiger partial charge in [-0.05, 0) is 0 Å². The van der Waals surface area contributed by atoms with Crippen LogP contribution in [0.3, 0.4) is 0 Å². The fourth-order valence-corrected chi connectivity index (χ4v) is 0.140. The van der Waals surface area contributed by atoms with Gasteiger partial charge in [-0.15, -0.1) is 0 Å². The van der Waals surface area contributed by atoms with Crippen molar-refractivity contribution in [2.45, 2.75) is 0 Å². The molecule has 6 heavy (non-hydrogen) atoms. The molecule has 0 bridgehead atoms. The number of aliphatic carboxylic acids is 1. The predicted molar refractivity (Wildman–Crippen MR) is 21.3 cm³/mol. The van der Waals surface area contributed by atoms with E-state index in [4.69, 9.17) is 16.7 Å². The first-order valence-electron chi connectivity index (χ1n) is 1.18. The highest BCUT2D eigenvalue weighted by Crippen LogP contribution is 1.73. The standard InChI is InChI=1S/C3H2ClO2/c4-2-1-3(5)6/h2H,(H,5,6). The molecule has 33 valence electrons. The van der Waals surface area contributed by atoms with Gasteiger partial charge >= 0.3 is 5.97 Å². The zero-order valence-electron chi connectivity index (χ0n) is 2.81. The molecular weight excluding hydrogens is 103 g/mol. The maximum Gasteiger partial charge on any atom is 0.337 e. The monoisotopic (exact) mass is 105 g/mol. The summed E-state index contributed by atoms with van der Waals surface area (Å²) in [4.78, 5) is 9.37. The van der Waals surface area contributed by atoms with E-state index in [9.17, 15) is 4.79 Å². The Bertz CT molecular complexity index is 76.9. The maximum absolute atomic E-state index is 9.37. The lowest BCUT2D eigenvalue weighted by atomic mass is 10.7. The molecule has 0 unspecified atom stereocenters. The molecule has 0 rings (SSSR count). The lowest BCUT2D eigenvalue weighted by molar-refractivity contribution is -0.132. The van der Waals surface area contributed by atoms with Crippen LogP contribution in [0.25, 0.3) is 0 Å². The second-order valence-electron chi connectivity index (χ2n) is 0.559. The van der Waals surface area contributed by atoms with E-state index in [0.29, 0.717) is 0 Å². The predicted octanol–water partition coefficient (Wildman–Crippen LogP) is 0.627. The summed E-state index contributed by atoms with van der Waals surface area (Å²) in [6.45, 7) is 0.